The summed E-state index contributed by atoms with van der Waals surface area (Å²) in [5.74, 6) is 0.193. The van der Waals surface area contributed by atoms with Crippen LogP contribution in [0.5, 0.6) is 5.75 Å². The molecular weight excluding hydrogens is 332 g/mol. The second-order valence-corrected chi connectivity index (χ2v) is 5.02. The van der Waals surface area contributed by atoms with E-state index < -0.39 is 6.61 Å². The molecule has 1 N–H and O–H groups in total. The summed E-state index contributed by atoms with van der Waals surface area (Å²) in [6.45, 7) is -0.896. The number of hydrogen-bond acceptors (Lipinski definition) is 3. The van der Waals surface area contributed by atoms with Crippen LogP contribution >= 0.6 is 15.9 Å². The van der Waals surface area contributed by atoms with E-state index in [1.54, 1.807) is 24.7 Å². The minimum atomic E-state index is -2.82. The van der Waals surface area contributed by atoms with Gasteiger partial charge in [0.15, 0.2) is 0 Å². The molecule has 0 radical (unpaired) electrons. The Morgan fingerprint density at radius 1 is 1.40 bits per heavy atom. The van der Waals surface area contributed by atoms with Gasteiger partial charge in [0.05, 0.1) is 6.33 Å². The molecule has 0 unspecified atom stereocenters. The monoisotopic (exact) mass is 345 g/mol. The summed E-state index contributed by atoms with van der Waals surface area (Å²) in [5.41, 5.74) is 0.685. The van der Waals surface area contributed by atoms with Crippen molar-refractivity contribution in [3.63, 3.8) is 0 Å². The summed E-state index contributed by atoms with van der Waals surface area (Å²) in [5, 5.41) is 3.19. The fraction of sp³-hybridized carbons (Fsp3) is 0.308. The molecule has 0 aliphatic rings. The average Bonchev–Trinajstić information content (AvgIpc) is 2.90. The molecule has 20 heavy (non-hydrogen) atoms. The molecule has 0 amide bonds. The molecule has 0 spiro atoms. The highest BCUT2D eigenvalue weighted by Gasteiger charge is 2.09. The average molecular weight is 346 g/mol. The molecule has 1 aromatic heterocycles. The van der Waals surface area contributed by atoms with E-state index in [0.717, 1.165) is 11.0 Å². The number of hydrogen-bond donors (Lipinski definition) is 1. The van der Waals surface area contributed by atoms with Gasteiger partial charge in [0, 0.05) is 42.1 Å². The summed E-state index contributed by atoms with van der Waals surface area (Å²) < 4.78 is 31.9. The van der Waals surface area contributed by atoms with Crippen molar-refractivity contribution in [3.8, 4) is 5.75 Å². The third kappa shape index (κ3) is 4.57. The van der Waals surface area contributed by atoms with Gasteiger partial charge in [0.25, 0.3) is 0 Å². The molecule has 4 nitrogen and oxygen atoms in total. The third-order valence-electron chi connectivity index (χ3n) is 2.66. The van der Waals surface area contributed by atoms with Crippen molar-refractivity contribution < 1.29 is 13.5 Å². The van der Waals surface area contributed by atoms with Crippen LogP contribution in [-0.4, -0.2) is 22.7 Å². The van der Waals surface area contributed by atoms with E-state index >= 15 is 0 Å². The predicted molar refractivity (Wildman–Crippen MR) is 74.7 cm³/mol. The number of halogens is 3. The van der Waals surface area contributed by atoms with Crippen LogP contribution in [0.3, 0.4) is 0 Å². The third-order valence-corrected chi connectivity index (χ3v) is 3.15. The molecule has 0 saturated heterocycles. The van der Waals surface area contributed by atoms with Gasteiger partial charge in [-0.3, -0.25) is 0 Å². The number of benzene rings is 1. The van der Waals surface area contributed by atoms with Gasteiger partial charge in [-0.15, -0.1) is 0 Å². The first kappa shape index (κ1) is 14.9. The van der Waals surface area contributed by atoms with Crippen LogP contribution in [-0.2, 0) is 13.1 Å². The van der Waals surface area contributed by atoms with Crippen molar-refractivity contribution in [1.29, 1.82) is 0 Å². The van der Waals surface area contributed by atoms with Gasteiger partial charge >= 0.3 is 6.61 Å². The number of rotatable bonds is 7. The highest BCUT2D eigenvalue weighted by Crippen LogP contribution is 2.24. The zero-order valence-corrected chi connectivity index (χ0v) is 12.2. The molecule has 108 valence electrons. The number of nitrogens with one attached hydrogen (secondary N) is 1. The predicted octanol–water partition coefficient (Wildman–Crippen LogP) is 3.04. The van der Waals surface area contributed by atoms with Crippen LogP contribution < -0.4 is 10.1 Å². The van der Waals surface area contributed by atoms with Crippen LogP contribution in [0.25, 0.3) is 0 Å². The van der Waals surface area contributed by atoms with Crippen molar-refractivity contribution in [1.82, 2.24) is 14.9 Å². The lowest BCUT2D eigenvalue weighted by Gasteiger charge is -2.12. The summed E-state index contributed by atoms with van der Waals surface area (Å²) >= 11 is 3.32. The highest BCUT2D eigenvalue weighted by molar-refractivity contribution is 9.10. The topological polar surface area (TPSA) is 39.1 Å². The van der Waals surface area contributed by atoms with Crippen molar-refractivity contribution in [3.05, 3.63) is 47.0 Å². The lowest BCUT2D eigenvalue weighted by atomic mass is 10.2. The number of aromatic nitrogens is 2. The Morgan fingerprint density at radius 3 is 2.95 bits per heavy atom. The molecule has 1 heterocycles. The van der Waals surface area contributed by atoms with E-state index in [1.807, 2.05) is 10.8 Å². The summed E-state index contributed by atoms with van der Waals surface area (Å²) in [4.78, 5) is 3.94. The van der Waals surface area contributed by atoms with E-state index in [9.17, 15) is 8.78 Å². The zero-order valence-electron chi connectivity index (χ0n) is 10.6. The minimum Gasteiger partial charge on any atom is -0.434 e. The van der Waals surface area contributed by atoms with Gasteiger partial charge in [-0.25, -0.2) is 4.98 Å². The Labute approximate surface area is 123 Å². The highest BCUT2D eigenvalue weighted by atomic mass is 79.9. The Balaban J connectivity index is 1.88. The normalized spacial score (nSPS) is 11.0. The van der Waals surface area contributed by atoms with Gasteiger partial charge in [-0.1, -0.05) is 15.9 Å². The smallest absolute Gasteiger partial charge is 0.387 e. The number of imidazole rings is 1. The number of nitrogens with zero attached hydrogens (tertiary/aromatic N) is 2. The largest absolute Gasteiger partial charge is 0.434 e. The van der Waals surface area contributed by atoms with Crippen LogP contribution in [0.1, 0.15) is 5.56 Å². The molecule has 7 heteroatoms. The van der Waals surface area contributed by atoms with Crippen molar-refractivity contribution >= 4 is 15.9 Å². The molecular formula is C13H14BrF2N3O. The lowest BCUT2D eigenvalue weighted by molar-refractivity contribution is -0.0505. The van der Waals surface area contributed by atoms with E-state index in [-0.39, 0.29) is 5.75 Å². The van der Waals surface area contributed by atoms with E-state index in [4.69, 9.17) is 0 Å². The Hall–Kier alpha value is -1.47. The molecule has 1 aromatic carbocycles. The van der Waals surface area contributed by atoms with Gasteiger partial charge in [0.1, 0.15) is 5.75 Å². The maximum Gasteiger partial charge on any atom is 0.387 e. The molecule has 2 rings (SSSR count). The van der Waals surface area contributed by atoms with Crippen LogP contribution in [0.15, 0.2) is 41.4 Å². The van der Waals surface area contributed by atoms with Crippen LogP contribution in [0.4, 0.5) is 8.78 Å². The second kappa shape index (κ2) is 7.35. The fourth-order valence-corrected chi connectivity index (χ4v) is 2.16. The minimum absolute atomic E-state index is 0.193. The molecule has 0 aliphatic carbocycles. The maximum absolute atomic E-state index is 12.3. The number of ether oxygens (including phenoxy) is 1. The van der Waals surface area contributed by atoms with Crippen molar-refractivity contribution in [2.24, 2.45) is 0 Å². The molecule has 0 bridgehead atoms. The van der Waals surface area contributed by atoms with E-state index in [2.05, 4.69) is 31.0 Å². The quantitative estimate of drug-likeness (QED) is 0.784. The molecule has 0 fully saturated rings. The summed E-state index contributed by atoms with van der Waals surface area (Å²) in [6, 6.07) is 4.97. The second-order valence-electron chi connectivity index (χ2n) is 4.11. The van der Waals surface area contributed by atoms with Gasteiger partial charge < -0.3 is 14.6 Å². The Kier molecular flexibility index (Phi) is 5.49. The molecule has 0 atom stereocenters. The number of alkyl halides is 2. The summed E-state index contributed by atoms with van der Waals surface area (Å²) in [6.07, 6.45) is 5.31. The van der Waals surface area contributed by atoms with E-state index in [0.29, 0.717) is 18.7 Å². The lowest BCUT2D eigenvalue weighted by Crippen LogP contribution is -2.19. The Morgan fingerprint density at radius 2 is 2.25 bits per heavy atom. The first-order chi connectivity index (χ1) is 9.65. The standard InChI is InChI=1S/C13H14BrF2N3O/c14-11-1-2-12(20-13(15)16)10(7-11)8-17-3-5-19-6-4-18-9-19/h1-2,4,6-7,9,13,17H,3,5,8H2. The van der Waals surface area contributed by atoms with Gasteiger partial charge in [-0.2, -0.15) is 8.78 Å². The first-order valence-electron chi connectivity index (χ1n) is 6.05. The Bertz CT molecular complexity index is 534. The van der Waals surface area contributed by atoms with Crippen LogP contribution in [0.2, 0.25) is 0 Å². The van der Waals surface area contributed by atoms with Crippen LogP contribution in [0, 0.1) is 0 Å². The molecule has 2 aromatic rings. The van der Waals surface area contributed by atoms with Gasteiger partial charge in [0.2, 0.25) is 0 Å². The van der Waals surface area contributed by atoms with Gasteiger partial charge in [-0.05, 0) is 18.2 Å². The van der Waals surface area contributed by atoms with Crippen molar-refractivity contribution in [2.75, 3.05) is 6.54 Å². The summed E-state index contributed by atoms with van der Waals surface area (Å²) in [7, 11) is 0. The van der Waals surface area contributed by atoms with Crippen molar-refractivity contribution in [2.45, 2.75) is 19.7 Å². The van der Waals surface area contributed by atoms with E-state index in [1.165, 1.54) is 6.07 Å². The molecule has 0 saturated carbocycles. The maximum atomic E-state index is 12.3. The zero-order chi connectivity index (χ0) is 14.4. The molecule has 0 aliphatic heterocycles. The first-order valence-corrected chi connectivity index (χ1v) is 6.84. The fourth-order valence-electron chi connectivity index (χ4n) is 1.75. The SMILES string of the molecule is FC(F)Oc1ccc(Br)cc1CNCCn1ccnc1.